The Labute approximate surface area is 108 Å². The summed E-state index contributed by atoms with van der Waals surface area (Å²) < 4.78 is 15.2. The zero-order valence-electron chi connectivity index (χ0n) is 9.40. The summed E-state index contributed by atoms with van der Waals surface area (Å²) in [6, 6.07) is 6.64. The summed E-state index contributed by atoms with van der Waals surface area (Å²) >= 11 is 3.16. The Morgan fingerprint density at radius 1 is 1.47 bits per heavy atom. The zero-order chi connectivity index (χ0) is 12.4. The molecule has 0 spiro atoms. The molecule has 0 saturated carbocycles. The van der Waals surface area contributed by atoms with E-state index in [4.69, 9.17) is 5.73 Å². The summed E-state index contributed by atoms with van der Waals surface area (Å²) in [6.45, 7) is 0. The molecule has 90 valence electrons. The third-order valence-corrected chi connectivity index (χ3v) is 3.16. The molecule has 0 fully saturated rings. The molecule has 1 heterocycles. The van der Waals surface area contributed by atoms with Crippen LogP contribution in [0.2, 0.25) is 0 Å². The molecular weight excluding hydrogens is 285 g/mol. The Kier molecular flexibility index (Phi) is 3.59. The number of hydrogen-bond acceptors (Lipinski definition) is 2. The van der Waals surface area contributed by atoms with Gasteiger partial charge < -0.3 is 5.73 Å². The van der Waals surface area contributed by atoms with Gasteiger partial charge in [0, 0.05) is 13.2 Å². The Balaban J connectivity index is 2.12. The highest BCUT2D eigenvalue weighted by Crippen LogP contribution is 2.20. The molecule has 5 heteroatoms. The fourth-order valence-electron chi connectivity index (χ4n) is 1.66. The maximum absolute atomic E-state index is 13.1. The largest absolute Gasteiger partial charge is 0.322 e. The highest BCUT2D eigenvalue weighted by Gasteiger charge is 2.10. The van der Waals surface area contributed by atoms with Crippen LogP contribution < -0.4 is 5.73 Å². The van der Waals surface area contributed by atoms with Crippen LogP contribution in [0.1, 0.15) is 17.3 Å². The maximum atomic E-state index is 13.1. The molecule has 0 aliphatic rings. The van der Waals surface area contributed by atoms with Crippen LogP contribution in [0.25, 0.3) is 0 Å². The highest BCUT2D eigenvalue weighted by atomic mass is 79.9. The van der Waals surface area contributed by atoms with Crippen molar-refractivity contribution in [2.75, 3.05) is 0 Å². The van der Waals surface area contributed by atoms with E-state index in [9.17, 15) is 4.39 Å². The summed E-state index contributed by atoms with van der Waals surface area (Å²) in [5, 5.41) is 4.25. The second-order valence-corrected chi connectivity index (χ2v) is 4.83. The van der Waals surface area contributed by atoms with Crippen LogP contribution in [0.3, 0.4) is 0 Å². The Morgan fingerprint density at radius 2 is 2.24 bits per heavy atom. The highest BCUT2D eigenvalue weighted by molar-refractivity contribution is 9.10. The normalized spacial score (nSPS) is 12.7. The molecule has 2 aromatic rings. The molecule has 0 radical (unpaired) electrons. The second kappa shape index (κ2) is 4.98. The molecule has 1 aromatic heterocycles. The monoisotopic (exact) mass is 297 g/mol. The van der Waals surface area contributed by atoms with Crippen molar-refractivity contribution >= 4 is 15.9 Å². The van der Waals surface area contributed by atoms with Gasteiger partial charge in [-0.1, -0.05) is 6.07 Å². The van der Waals surface area contributed by atoms with E-state index in [2.05, 4.69) is 21.0 Å². The van der Waals surface area contributed by atoms with Crippen molar-refractivity contribution in [3.63, 3.8) is 0 Å². The topological polar surface area (TPSA) is 43.8 Å². The molecule has 2 rings (SSSR count). The third-order valence-electron chi connectivity index (χ3n) is 2.55. The van der Waals surface area contributed by atoms with E-state index in [0.29, 0.717) is 10.9 Å². The van der Waals surface area contributed by atoms with E-state index in [-0.39, 0.29) is 11.9 Å². The Hall–Kier alpha value is -1.20. The van der Waals surface area contributed by atoms with Crippen molar-refractivity contribution in [3.8, 4) is 0 Å². The van der Waals surface area contributed by atoms with Gasteiger partial charge in [0.2, 0.25) is 0 Å². The molecule has 1 unspecified atom stereocenters. The lowest BCUT2D eigenvalue weighted by atomic mass is 10.0. The van der Waals surface area contributed by atoms with Crippen molar-refractivity contribution < 1.29 is 4.39 Å². The first-order valence-corrected chi connectivity index (χ1v) is 6.04. The van der Waals surface area contributed by atoms with Crippen LogP contribution >= 0.6 is 15.9 Å². The fraction of sp³-hybridized carbons (Fsp3) is 0.250. The lowest BCUT2D eigenvalue weighted by Gasteiger charge is -2.09. The van der Waals surface area contributed by atoms with Crippen LogP contribution in [0.4, 0.5) is 4.39 Å². The van der Waals surface area contributed by atoms with E-state index in [1.807, 2.05) is 19.3 Å². The summed E-state index contributed by atoms with van der Waals surface area (Å²) in [4.78, 5) is 0. The summed E-state index contributed by atoms with van der Waals surface area (Å²) in [5.41, 5.74) is 7.87. The van der Waals surface area contributed by atoms with Crippen molar-refractivity contribution in [2.45, 2.75) is 12.5 Å². The molecule has 0 bridgehead atoms. The van der Waals surface area contributed by atoms with Gasteiger partial charge in [0.05, 0.1) is 16.2 Å². The Bertz CT molecular complexity index is 524. The van der Waals surface area contributed by atoms with Gasteiger partial charge in [-0.15, -0.1) is 0 Å². The van der Waals surface area contributed by atoms with Crippen molar-refractivity contribution in [1.82, 2.24) is 9.78 Å². The molecule has 0 aliphatic carbocycles. The van der Waals surface area contributed by atoms with Crippen molar-refractivity contribution in [3.05, 3.63) is 52.0 Å². The number of benzene rings is 1. The van der Waals surface area contributed by atoms with Gasteiger partial charge in [0.15, 0.2) is 0 Å². The molecular formula is C12H13BrFN3. The van der Waals surface area contributed by atoms with Gasteiger partial charge in [-0.3, -0.25) is 4.68 Å². The van der Waals surface area contributed by atoms with Crippen LogP contribution in [0.15, 0.2) is 34.9 Å². The molecule has 1 atom stereocenters. The summed E-state index contributed by atoms with van der Waals surface area (Å²) in [7, 11) is 1.85. The van der Waals surface area contributed by atoms with Crippen molar-refractivity contribution in [1.29, 1.82) is 0 Å². The SMILES string of the molecule is Cn1ccc(C(N)Cc2ccc(F)c(Br)c2)n1. The van der Waals surface area contributed by atoms with Crippen molar-refractivity contribution in [2.24, 2.45) is 12.8 Å². The van der Waals surface area contributed by atoms with Gasteiger partial charge in [-0.2, -0.15) is 5.10 Å². The van der Waals surface area contributed by atoms with E-state index < -0.39 is 0 Å². The number of aromatic nitrogens is 2. The van der Waals surface area contributed by atoms with Gasteiger partial charge in [-0.25, -0.2) is 4.39 Å². The number of nitrogens with two attached hydrogens (primary N) is 1. The quantitative estimate of drug-likeness (QED) is 0.946. The van der Waals surface area contributed by atoms with Gasteiger partial charge in [0.1, 0.15) is 5.82 Å². The van der Waals surface area contributed by atoms with E-state index in [0.717, 1.165) is 11.3 Å². The second-order valence-electron chi connectivity index (χ2n) is 3.97. The standard InChI is InChI=1S/C12H13BrFN3/c1-17-5-4-12(16-17)11(15)7-8-2-3-10(14)9(13)6-8/h2-6,11H,7,15H2,1H3. The average molecular weight is 298 g/mol. The predicted octanol–water partition coefficient (Wildman–Crippen LogP) is 2.56. The molecule has 2 N–H and O–H groups in total. The number of nitrogens with zero attached hydrogens (tertiary/aromatic N) is 2. The first-order valence-electron chi connectivity index (χ1n) is 5.25. The number of rotatable bonds is 3. The minimum Gasteiger partial charge on any atom is -0.322 e. The number of hydrogen-bond donors (Lipinski definition) is 1. The summed E-state index contributed by atoms with van der Waals surface area (Å²) in [5.74, 6) is -0.264. The van der Waals surface area contributed by atoms with Crippen LogP contribution in [0.5, 0.6) is 0 Å². The number of aryl methyl sites for hydroxylation is 1. The van der Waals surface area contributed by atoms with E-state index in [1.54, 1.807) is 16.8 Å². The van der Waals surface area contributed by atoms with Crippen LogP contribution in [-0.4, -0.2) is 9.78 Å². The van der Waals surface area contributed by atoms with E-state index in [1.165, 1.54) is 6.07 Å². The lowest BCUT2D eigenvalue weighted by Crippen LogP contribution is -2.14. The molecule has 0 saturated heterocycles. The minimum atomic E-state index is -0.264. The first-order chi connectivity index (χ1) is 8.06. The minimum absolute atomic E-state index is 0.173. The Morgan fingerprint density at radius 3 is 2.82 bits per heavy atom. The number of halogens is 2. The predicted molar refractivity (Wildman–Crippen MR) is 67.9 cm³/mol. The molecule has 3 nitrogen and oxygen atoms in total. The third kappa shape index (κ3) is 2.92. The van der Waals surface area contributed by atoms with Gasteiger partial charge >= 0.3 is 0 Å². The molecule has 17 heavy (non-hydrogen) atoms. The zero-order valence-corrected chi connectivity index (χ0v) is 11.0. The lowest BCUT2D eigenvalue weighted by molar-refractivity contribution is 0.617. The fourth-order valence-corrected chi connectivity index (χ4v) is 2.08. The van der Waals surface area contributed by atoms with Crippen LogP contribution in [0, 0.1) is 5.82 Å². The first kappa shape index (κ1) is 12.3. The van der Waals surface area contributed by atoms with Gasteiger partial charge in [-0.05, 0) is 46.1 Å². The smallest absolute Gasteiger partial charge is 0.137 e. The summed E-state index contributed by atoms with van der Waals surface area (Å²) in [6.07, 6.45) is 2.49. The molecule has 0 amide bonds. The van der Waals surface area contributed by atoms with Gasteiger partial charge in [0.25, 0.3) is 0 Å². The maximum Gasteiger partial charge on any atom is 0.137 e. The van der Waals surface area contributed by atoms with Crippen LogP contribution in [-0.2, 0) is 13.5 Å². The molecule has 1 aromatic carbocycles. The molecule has 0 aliphatic heterocycles. The average Bonchev–Trinajstić information content (AvgIpc) is 2.70. The van der Waals surface area contributed by atoms with E-state index >= 15 is 0 Å².